The summed E-state index contributed by atoms with van der Waals surface area (Å²) in [6, 6.07) is 5.52. The molecule has 0 saturated carbocycles. The topological polar surface area (TPSA) is 69.7 Å². The van der Waals surface area contributed by atoms with E-state index in [-0.39, 0.29) is 29.8 Å². The Labute approximate surface area is 154 Å². The SMILES string of the molecule is CN1CCN(c2ccc(Cl)cc2NC(=O)CC2CCS(=O)(=O)C2)CC1. The molecule has 0 spiro atoms. The molecule has 2 heterocycles. The van der Waals surface area contributed by atoms with E-state index in [1.807, 2.05) is 12.1 Å². The predicted molar refractivity (Wildman–Crippen MR) is 101 cm³/mol. The van der Waals surface area contributed by atoms with Crippen molar-refractivity contribution in [2.75, 3.05) is 54.9 Å². The summed E-state index contributed by atoms with van der Waals surface area (Å²) >= 11 is 6.11. The second kappa shape index (κ2) is 7.51. The van der Waals surface area contributed by atoms with Gasteiger partial charge in [-0.05, 0) is 37.6 Å². The van der Waals surface area contributed by atoms with Crippen LogP contribution < -0.4 is 10.2 Å². The lowest BCUT2D eigenvalue weighted by atomic mass is 10.0. The molecule has 2 fully saturated rings. The first kappa shape index (κ1) is 18.5. The number of hydrogen-bond donors (Lipinski definition) is 1. The molecule has 1 N–H and O–H groups in total. The summed E-state index contributed by atoms with van der Waals surface area (Å²) in [7, 11) is -0.870. The number of carbonyl (C=O) groups is 1. The van der Waals surface area contributed by atoms with Crippen LogP contribution in [0.25, 0.3) is 0 Å². The lowest BCUT2D eigenvalue weighted by molar-refractivity contribution is -0.116. The summed E-state index contributed by atoms with van der Waals surface area (Å²) in [6.45, 7) is 3.72. The summed E-state index contributed by atoms with van der Waals surface area (Å²) in [5.74, 6) is 0.0617. The Kier molecular flexibility index (Phi) is 5.55. The van der Waals surface area contributed by atoms with Crippen LogP contribution in [0.5, 0.6) is 0 Å². The van der Waals surface area contributed by atoms with Crippen LogP contribution >= 0.6 is 11.6 Å². The van der Waals surface area contributed by atoms with Crippen molar-refractivity contribution in [2.24, 2.45) is 5.92 Å². The van der Waals surface area contributed by atoms with Crippen LogP contribution in [0, 0.1) is 5.92 Å². The van der Waals surface area contributed by atoms with Gasteiger partial charge in [0.25, 0.3) is 0 Å². The fourth-order valence-corrected chi connectivity index (χ4v) is 5.46. The van der Waals surface area contributed by atoms with E-state index in [1.54, 1.807) is 6.07 Å². The van der Waals surface area contributed by atoms with Crippen molar-refractivity contribution in [3.8, 4) is 0 Å². The summed E-state index contributed by atoms with van der Waals surface area (Å²) in [5, 5.41) is 3.51. The van der Waals surface area contributed by atoms with Crippen molar-refractivity contribution in [1.29, 1.82) is 0 Å². The Morgan fingerprint density at radius 3 is 2.64 bits per heavy atom. The van der Waals surface area contributed by atoms with Gasteiger partial charge < -0.3 is 15.1 Å². The van der Waals surface area contributed by atoms with Crippen molar-refractivity contribution in [1.82, 2.24) is 4.90 Å². The van der Waals surface area contributed by atoms with E-state index >= 15 is 0 Å². The van der Waals surface area contributed by atoms with E-state index in [1.165, 1.54) is 0 Å². The van der Waals surface area contributed by atoms with Gasteiger partial charge in [0.1, 0.15) is 0 Å². The zero-order chi connectivity index (χ0) is 18.0. The number of anilines is 2. The molecule has 6 nitrogen and oxygen atoms in total. The molecule has 1 atom stereocenters. The summed E-state index contributed by atoms with van der Waals surface area (Å²) in [5.41, 5.74) is 1.66. The molecule has 2 aliphatic rings. The van der Waals surface area contributed by atoms with Gasteiger partial charge in [-0.15, -0.1) is 0 Å². The van der Waals surface area contributed by atoms with Crippen LogP contribution in [0.15, 0.2) is 18.2 Å². The van der Waals surface area contributed by atoms with Gasteiger partial charge in [-0.3, -0.25) is 4.79 Å². The highest BCUT2D eigenvalue weighted by atomic mass is 35.5. The van der Waals surface area contributed by atoms with E-state index in [9.17, 15) is 13.2 Å². The van der Waals surface area contributed by atoms with Gasteiger partial charge >= 0.3 is 0 Å². The molecule has 1 amide bonds. The average Bonchev–Trinajstić information content (AvgIpc) is 2.87. The number of hydrogen-bond acceptors (Lipinski definition) is 5. The van der Waals surface area contributed by atoms with Gasteiger partial charge in [0.05, 0.1) is 22.9 Å². The zero-order valence-electron chi connectivity index (χ0n) is 14.4. The number of nitrogens with zero attached hydrogens (tertiary/aromatic N) is 2. The maximum atomic E-state index is 12.4. The second-order valence-corrected chi connectivity index (χ2v) is 9.64. The third-order valence-electron chi connectivity index (χ3n) is 4.88. The minimum Gasteiger partial charge on any atom is -0.367 e. The van der Waals surface area contributed by atoms with Crippen molar-refractivity contribution < 1.29 is 13.2 Å². The molecular weight excluding hydrogens is 362 g/mol. The highest BCUT2D eigenvalue weighted by Crippen LogP contribution is 2.31. The molecule has 1 aromatic rings. The molecule has 2 aliphatic heterocycles. The van der Waals surface area contributed by atoms with Gasteiger partial charge in [-0.2, -0.15) is 0 Å². The van der Waals surface area contributed by atoms with Crippen LogP contribution in [0.3, 0.4) is 0 Å². The molecule has 1 unspecified atom stereocenters. The van der Waals surface area contributed by atoms with E-state index in [0.29, 0.717) is 17.1 Å². The Morgan fingerprint density at radius 2 is 2.00 bits per heavy atom. The first-order chi connectivity index (χ1) is 11.8. The lowest BCUT2D eigenvalue weighted by Gasteiger charge is -2.35. The smallest absolute Gasteiger partial charge is 0.224 e. The highest BCUT2D eigenvalue weighted by molar-refractivity contribution is 7.91. The fraction of sp³-hybridized carbons (Fsp3) is 0.588. The van der Waals surface area contributed by atoms with Crippen molar-refractivity contribution in [2.45, 2.75) is 12.8 Å². The number of nitrogens with one attached hydrogen (secondary N) is 1. The van der Waals surface area contributed by atoms with E-state index < -0.39 is 9.84 Å². The third kappa shape index (κ3) is 4.86. The Bertz CT molecular complexity index is 746. The zero-order valence-corrected chi connectivity index (χ0v) is 15.9. The van der Waals surface area contributed by atoms with E-state index in [4.69, 9.17) is 11.6 Å². The van der Waals surface area contributed by atoms with Gasteiger partial charge in [-0.1, -0.05) is 11.6 Å². The number of amides is 1. The molecule has 138 valence electrons. The summed E-state index contributed by atoms with van der Waals surface area (Å²) in [6.07, 6.45) is 0.796. The number of halogens is 1. The number of carbonyl (C=O) groups excluding carboxylic acids is 1. The van der Waals surface area contributed by atoms with Gasteiger partial charge in [0.2, 0.25) is 5.91 Å². The summed E-state index contributed by atoms with van der Waals surface area (Å²) < 4.78 is 23.1. The van der Waals surface area contributed by atoms with Crippen molar-refractivity contribution in [3.05, 3.63) is 23.2 Å². The molecule has 8 heteroatoms. The van der Waals surface area contributed by atoms with Crippen LogP contribution in [0.2, 0.25) is 5.02 Å². The maximum absolute atomic E-state index is 12.4. The molecule has 0 bridgehead atoms. The number of rotatable bonds is 4. The number of benzene rings is 1. The molecule has 2 saturated heterocycles. The number of likely N-dealkylation sites (N-methyl/N-ethyl adjacent to an activating group) is 1. The number of sulfone groups is 1. The lowest BCUT2D eigenvalue weighted by Crippen LogP contribution is -2.44. The Balaban J connectivity index is 1.68. The molecule has 1 aromatic carbocycles. The molecule has 0 radical (unpaired) electrons. The Hall–Kier alpha value is -1.31. The van der Waals surface area contributed by atoms with Crippen molar-refractivity contribution in [3.63, 3.8) is 0 Å². The molecular formula is C17H24ClN3O3S. The quantitative estimate of drug-likeness (QED) is 0.856. The minimum absolute atomic E-state index is 0.0868. The maximum Gasteiger partial charge on any atom is 0.224 e. The Morgan fingerprint density at radius 1 is 1.28 bits per heavy atom. The normalized spacial score (nSPS) is 23.6. The predicted octanol–water partition coefficient (Wildman–Crippen LogP) is 1.86. The van der Waals surface area contributed by atoms with Crippen LogP contribution in [-0.4, -0.2) is 64.0 Å². The van der Waals surface area contributed by atoms with Gasteiger partial charge in [0, 0.05) is 37.6 Å². The molecule has 3 rings (SSSR count). The second-order valence-electron chi connectivity index (χ2n) is 6.97. The van der Waals surface area contributed by atoms with Crippen molar-refractivity contribution >= 4 is 38.7 Å². The van der Waals surface area contributed by atoms with Crippen LogP contribution in [-0.2, 0) is 14.6 Å². The minimum atomic E-state index is -2.97. The van der Waals surface area contributed by atoms with Gasteiger partial charge in [-0.25, -0.2) is 8.42 Å². The standard InChI is InChI=1S/C17H24ClN3O3S/c1-20-5-7-21(8-6-20)16-3-2-14(18)11-15(16)19-17(22)10-13-4-9-25(23,24)12-13/h2-3,11,13H,4-10,12H2,1H3,(H,19,22). The van der Waals surface area contributed by atoms with E-state index in [2.05, 4.69) is 22.2 Å². The molecule has 0 aliphatic carbocycles. The highest BCUT2D eigenvalue weighted by Gasteiger charge is 2.29. The molecule has 25 heavy (non-hydrogen) atoms. The van der Waals surface area contributed by atoms with Gasteiger partial charge in [0.15, 0.2) is 9.84 Å². The third-order valence-corrected chi connectivity index (χ3v) is 6.95. The number of piperazine rings is 1. The first-order valence-electron chi connectivity index (χ1n) is 8.56. The molecule has 0 aromatic heterocycles. The average molecular weight is 386 g/mol. The van der Waals surface area contributed by atoms with Crippen LogP contribution in [0.1, 0.15) is 12.8 Å². The largest absolute Gasteiger partial charge is 0.367 e. The van der Waals surface area contributed by atoms with E-state index in [0.717, 1.165) is 31.9 Å². The monoisotopic (exact) mass is 385 g/mol. The van der Waals surface area contributed by atoms with Crippen LogP contribution in [0.4, 0.5) is 11.4 Å². The first-order valence-corrected chi connectivity index (χ1v) is 10.8. The summed E-state index contributed by atoms with van der Waals surface area (Å²) in [4.78, 5) is 16.9. The fourth-order valence-electron chi connectivity index (χ4n) is 3.43.